The molecule has 9 heteroatoms. The first kappa shape index (κ1) is 21.2. The summed E-state index contributed by atoms with van der Waals surface area (Å²) >= 11 is 0. The number of ether oxygens (including phenoxy) is 2. The van der Waals surface area contributed by atoms with Gasteiger partial charge >= 0.3 is 5.97 Å². The van der Waals surface area contributed by atoms with Crippen LogP contribution in [0.4, 0.5) is 0 Å². The second kappa shape index (κ2) is 9.72. The average molecular weight is 391 g/mol. The number of hydrogen-bond acceptors (Lipinski definition) is 7. The van der Waals surface area contributed by atoms with E-state index in [2.05, 4.69) is 10.1 Å². The quantitative estimate of drug-likeness (QED) is 0.656. The maximum absolute atomic E-state index is 12.6. The van der Waals surface area contributed by atoms with Crippen molar-refractivity contribution < 1.29 is 28.7 Å². The minimum atomic E-state index is -1.09. The number of benzene rings is 1. The van der Waals surface area contributed by atoms with Crippen LogP contribution >= 0.6 is 0 Å². The van der Waals surface area contributed by atoms with E-state index < -0.39 is 12.5 Å². The molecule has 152 valence electrons. The topological polar surface area (TPSA) is 115 Å². The number of methoxy groups -OCH3 is 2. The standard InChI is InChI=1S/C19H25N3O6/c1-12(2)19-20-16(28-21-19)5-6-17(23)22(11-18(24)25)10-13-7-14(26-3)9-15(8-13)27-4/h7-9,12H,5-6,10-11H2,1-4H3,(H,24,25). The molecule has 0 atom stereocenters. The average Bonchev–Trinajstić information content (AvgIpc) is 3.14. The van der Waals surface area contributed by atoms with E-state index in [1.807, 2.05) is 13.8 Å². The number of nitrogens with zero attached hydrogens (tertiary/aromatic N) is 3. The van der Waals surface area contributed by atoms with E-state index in [4.69, 9.17) is 14.0 Å². The van der Waals surface area contributed by atoms with Crippen LogP contribution < -0.4 is 9.47 Å². The molecule has 1 amide bonds. The van der Waals surface area contributed by atoms with Crippen LogP contribution in [0, 0.1) is 0 Å². The van der Waals surface area contributed by atoms with Gasteiger partial charge in [-0.25, -0.2) is 0 Å². The Labute approximate surface area is 163 Å². The summed E-state index contributed by atoms with van der Waals surface area (Å²) in [5.41, 5.74) is 0.700. The molecule has 0 radical (unpaired) electrons. The lowest BCUT2D eigenvalue weighted by molar-refractivity contribution is -0.144. The van der Waals surface area contributed by atoms with Crippen molar-refractivity contribution in [2.75, 3.05) is 20.8 Å². The normalized spacial score (nSPS) is 10.8. The number of carbonyl (C=O) groups is 2. The molecule has 9 nitrogen and oxygen atoms in total. The van der Waals surface area contributed by atoms with E-state index in [0.717, 1.165) is 0 Å². The number of hydrogen-bond donors (Lipinski definition) is 1. The van der Waals surface area contributed by atoms with Gasteiger partial charge < -0.3 is 24.0 Å². The van der Waals surface area contributed by atoms with Crippen LogP contribution in [0.2, 0.25) is 0 Å². The summed E-state index contributed by atoms with van der Waals surface area (Å²) < 4.78 is 15.6. The third-order valence-corrected chi connectivity index (χ3v) is 4.02. The van der Waals surface area contributed by atoms with Gasteiger partial charge in [0.1, 0.15) is 18.0 Å². The van der Waals surface area contributed by atoms with Gasteiger partial charge in [-0.1, -0.05) is 19.0 Å². The van der Waals surface area contributed by atoms with E-state index in [1.165, 1.54) is 19.1 Å². The molecular weight excluding hydrogens is 366 g/mol. The van der Waals surface area contributed by atoms with E-state index in [-0.39, 0.29) is 31.2 Å². The van der Waals surface area contributed by atoms with Crippen LogP contribution in [0.15, 0.2) is 22.7 Å². The Morgan fingerprint density at radius 2 is 1.82 bits per heavy atom. The number of carboxylic acid groups (broad SMARTS) is 1. The molecule has 0 aliphatic heterocycles. The fourth-order valence-corrected chi connectivity index (χ4v) is 2.55. The molecule has 1 aromatic carbocycles. The summed E-state index contributed by atoms with van der Waals surface area (Å²) in [6, 6.07) is 5.17. The number of amides is 1. The Hall–Kier alpha value is -3.10. The lowest BCUT2D eigenvalue weighted by Crippen LogP contribution is -2.35. The van der Waals surface area contributed by atoms with Gasteiger partial charge in [0.05, 0.1) is 14.2 Å². The van der Waals surface area contributed by atoms with Crippen LogP contribution in [-0.4, -0.2) is 52.8 Å². The zero-order chi connectivity index (χ0) is 20.7. The van der Waals surface area contributed by atoms with Crippen LogP contribution in [0.25, 0.3) is 0 Å². The van der Waals surface area contributed by atoms with Crippen molar-refractivity contribution >= 4 is 11.9 Å². The first-order valence-electron chi connectivity index (χ1n) is 8.86. The minimum Gasteiger partial charge on any atom is -0.497 e. The summed E-state index contributed by atoms with van der Waals surface area (Å²) in [6.45, 7) is 3.58. The van der Waals surface area contributed by atoms with Gasteiger partial charge in [-0.3, -0.25) is 9.59 Å². The number of carboxylic acids is 1. The lowest BCUT2D eigenvalue weighted by Gasteiger charge is -2.21. The Morgan fingerprint density at radius 1 is 1.18 bits per heavy atom. The predicted octanol–water partition coefficient (Wildman–Crippen LogP) is 2.26. The zero-order valence-corrected chi connectivity index (χ0v) is 16.5. The van der Waals surface area contributed by atoms with E-state index in [9.17, 15) is 14.7 Å². The van der Waals surface area contributed by atoms with Crippen molar-refractivity contribution in [1.29, 1.82) is 0 Å². The molecule has 0 fully saturated rings. The van der Waals surface area contributed by atoms with Gasteiger partial charge in [0.15, 0.2) is 5.82 Å². The van der Waals surface area contributed by atoms with E-state index in [1.54, 1.807) is 18.2 Å². The van der Waals surface area contributed by atoms with E-state index >= 15 is 0 Å². The minimum absolute atomic E-state index is 0.0636. The first-order valence-corrected chi connectivity index (χ1v) is 8.86. The Balaban J connectivity index is 2.09. The van der Waals surface area contributed by atoms with E-state index in [0.29, 0.717) is 28.8 Å². The maximum atomic E-state index is 12.6. The number of rotatable bonds is 10. The molecule has 28 heavy (non-hydrogen) atoms. The molecule has 2 rings (SSSR count). The SMILES string of the molecule is COc1cc(CN(CC(=O)O)C(=O)CCc2nc(C(C)C)no2)cc(OC)c1. The largest absolute Gasteiger partial charge is 0.497 e. The van der Waals surface area contributed by atoms with Crippen LogP contribution in [0.5, 0.6) is 11.5 Å². The zero-order valence-electron chi connectivity index (χ0n) is 16.5. The highest BCUT2D eigenvalue weighted by molar-refractivity contribution is 5.81. The second-order valence-electron chi connectivity index (χ2n) is 6.57. The monoisotopic (exact) mass is 391 g/mol. The first-order chi connectivity index (χ1) is 13.3. The summed E-state index contributed by atoms with van der Waals surface area (Å²) in [4.78, 5) is 29.3. The van der Waals surface area contributed by atoms with Crippen molar-refractivity contribution in [2.24, 2.45) is 0 Å². The summed E-state index contributed by atoms with van der Waals surface area (Å²) in [7, 11) is 3.04. The van der Waals surface area contributed by atoms with Crippen molar-refractivity contribution in [1.82, 2.24) is 15.0 Å². The fourth-order valence-electron chi connectivity index (χ4n) is 2.55. The Morgan fingerprint density at radius 3 is 2.32 bits per heavy atom. The molecule has 0 unspecified atom stereocenters. The Bertz CT molecular complexity index is 796. The lowest BCUT2D eigenvalue weighted by atomic mass is 10.1. The molecule has 0 spiro atoms. The van der Waals surface area contributed by atoms with Gasteiger partial charge in [-0.2, -0.15) is 4.98 Å². The highest BCUT2D eigenvalue weighted by atomic mass is 16.5. The van der Waals surface area contributed by atoms with Gasteiger partial charge in [0, 0.05) is 31.4 Å². The summed E-state index contributed by atoms with van der Waals surface area (Å²) in [5.74, 6) is 0.758. The number of aliphatic carboxylic acids is 1. The molecule has 0 saturated carbocycles. The molecule has 1 aromatic heterocycles. The Kier molecular flexibility index (Phi) is 7.36. The van der Waals surface area contributed by atoms with Crippen molar-refractivity contribution in [3.05, 3.63) is 35.5 Å². The number of aromatic nitrogens is 2. The predicted molar refractivity (Wildman–Crippen MR) is 99.3 cm³/mol. The smallest absolute Gasteiger partial charge is 0.323 e. The molecule has 1 heterocycles. The number of carbonyl (C=O) groups excluding carboxylic acids is 1. The second-order valence-corrected chi connectivity index (χ2v) is 6.57. The fraction of sp³-hybridized carbons (Fsp3) is 0.474. The van der Waals surface area contributed by atoms with Gasteiger partial charge in [0.2, 0.25) is 11.8 Å². The van der Waals surface area contributed by atoms with Crippen LogP contribution in [0.1, 0.15) is 43.5 Å². The molecule has 0 aliphatic rings. The van der Waals surface area contributed by atoms with Gasteiger partial charge in [-0.05, 0) is 17.7 Å². The molecular formula is C19H25N3O6. The molecule has 0 bridgehead atoms. The number of aryl methyl sites for hydroxylation is 1. The van der Waals surface area contributed by atoms with Crippen molar-refractivity contribution in [2.45, 2.75) is 39.2 Å². The molecule has 1 N–H and O–H groups in total. The maximum Gasteiger partial charge on any atom is 0.323 e. The molecule has 0 aliphatic carbocycles. The van der Waals surface area contributed by atoms with Crippen molar-refractivity contribution in [3.8, 4) is 11.5 Å². The van der Waals surface area contributed by atoms with Gasteiger partial charge in [0.25, 0.3) is 0 Å². The van der Waals surface area contributed by atoms with Crippen molar-refractivity contribution in [3.63, 3.8) is 0 Å². The molecule has 2 aromatic rings. The highest BCUT2D eigenvalue weighted by Gasteiger charge is 2.19. The summed E-state index contributed by atoms with van der Waals surface area (Å²) in [5, 5.41) is 13.0. The summed E-state index contributed by atoms with van der Waals surface area (Å²) in [6.07, 6.45) is 0.310. The third-order valence-electron chi connectivity index (χ3n) is 4.02. The van der Waals surface area contributed by atoms with Gasteiger partial charge in [-0.15, -0.1) is 0 Å². The third kappa shape index (κ3) is 5.97. The van der Waals surface area contributed by atoms with Crippen LogP contribution in [0.3, 0.4) is 0 Å². The van der Waals surface area contributed by atoms with Crippen LogP contribution in [-0.2, 0) is 22.6 Å². The highest BCUT2D eigenvalue weighted by Crippen LogP contribution is 2.23. The molecule has 0 saturated heterocycles.